The van der Waals surface area contributed by atoms with Gasteiger partial charge in [-0.3, -0.25) is 9.59 Å². The Morgan fingerprint density at radius 1 is 1.12 bits per heavy atom. The molecule has 0 unspecified atom stereocenters. The summed E-state index contributed by atoms with van der Waals surface area (Å²) in [4.78, 5) is 23.4. The molecule has 0 heterocycles. The summed E-state index contributed by atoms with van der Waals surface area (Å²) in [6, 6.07) is 13.7. The number of nitrogens with one attached hydrogen (secondary N) is 2. The van der Waals surface area contributed by atoms with Crippen LogP contribution in [0.15, 0.2) is 54.2 Å². The molecule has 0 radical (unpaired) electrons. The Bertz CT molecular complexity index is 881. The van der Waals surface area contributed by atoms with Gasteiger partial charge in [0.15, 0.2) is 5.78 Å². The van der Waals surface area contributed by atoms with Gasteiger partial charge in [0.1, 0.15) is 11.6 Å². The molecule has 0 aliphatic heterocycles. The fraction of sp³-hybridized carbons (Fsp3) is 0.105. The topological polar surface area (TPSA) is 82.0 Å². The number of anilines is 2. The molecule has 0 spiro atoms. The Morgan fingerprint density at radius 3 is 2.32 bits per heavy atom. The largest absolute Gasteiger partial charge is 0.360 e. The summed E-state index contributed by atoms with van der Waals surface area (Å²) in [5.41, 5.74) is 2.55. The molecule has 0 bridgehead atoms. The Balaban J connectivity index is 2.08. The summed E-state index contributed by atoms with van der Waals surface area (Å²) in [6.45, 7) is 3.34. The maximum Gasteiger partial charge on any atom is 0.267 e. The fourth-order valence-electron chi connectivity index (χ4n) is 1.97. The van der Waals surface area contributed by atoms with Crippen LogP contribution in [0.4, 0.5) is 11.4 Å². The highest BCUT2D eigenvalue weighted by Gasteiger charge is 2.10. The van der Waals surface area contributed by atoms with Gasteiger partial charge in [-0.1, -0.05) is 17.7 Å². The van der Waals surface area contributed by atoms with E-state index in [0.717, 1.165) is 5.56 Å². The van der Waals surface area contributed by atoms with E-state index in [2.05, 4.69) is 10.6 Å². The smallest absolute Gasteiger partial charge is 0.267 e. The molecule has 2 rings (SSSR count). The maximum atomic E-state index is 12.2. The summed E-state index contributed by atoms with van der Waals surface area (Å²) in [5, 5.41) is 15.2. The zero-order valence-corrected chi connectivity index (χ0v) is 14.5. The lowest BCUT2D eigenvalue weighted by Crippen LogP contribution is -2.14. The first-order valence-electron chi connectivity index (χ1n) is 7.46. The second kappa shape index (κ2) is 8.13. The van der Waals surface area contributed by atoms with Crippen LogP contribution in [0.3, 0.4) is 0 Å². The lowest BCUT2D eigenvalue weighted by Gasteiger charge is -2.07. The van der Waals surface area contributed by atoms with Gasteiger partial charge in [0, 0.05) is 28.2 Å². The van der Waals surface area contributed by atoms with Crippen molar-refractivity contribution < 1.29 is 9.59 Å². The third-order valence-electron chi connectivity index (χ3n) is 3.47. The van der Waals surface area contributed by atoms with Gasteiger partial charge in [-0.2, -0.15) is 5.26 Å². The van der Waals surface area contributed by atoms with E-state index in [1.807, 2.05) is 13.0 Å². The minimum Gasteiger partial charge on any atom is -0.360 e. The van der Waals surface area contributed by atoms with E-state index in [0.29, 0.717) is 22.0 Å². The van der Waals surface area contributed by atoms with Crippen molar-refractivity contribution in [1.29, 1.82) is 5.26 Å². The number of hydrogen-bond acceptors (Lipinski definition) is 4. The lowest BCUT2D eigenvalue weighted by molar-refractivity contribution is -0.112. The molecular formula is C19H16ClN3O2. The number of rotatable bonds is 5. The predicted molar refractivity (Wildman–Crippen MR) is 98.6 cm³/mol. The molecule has 0 aliphatic rings. The number of benzene rings is 2. The van der Waals surface area contributed by atoms with Gasteiger partial charge in [0.25, 0.3) is 5.91 Å². The van der Waals surface area contributed by atoms with Crippen molar-refractivity contribution in [3.63, 3.8) is 0 Å². The molecule has 2 aromatic rings. The number of carbonyl (C=O) groups excluding carboxylic acids is 2. The first-order chi connectivity index (χ1) is 11.9. The molecule has 0 saturated heterocycles. The first-order valence-corrected chi connectivity index (χ1v) is 7.84. The number of aryl methyl sites for hydroxylation is 1. The molecule has 0 atom stereocenters. The van der Waals surface area contributed by atoms with E-state index in [-0.39, 0.29) is 11.4 Å². The minimum atomic E-state index is -0.546. The highest BCUT2D eigenvalue weighted by molar-refractivity contribution is 6.31. The van der Waals surface area contributed by atoms with Gasteiger partial charge in [-0.05, 0) is 55.8 Å². The molecule has 0 fully saturated rings. The van der Waals surface area contributed by atoms with Crippen LogP contribution < -0.4 is 10.6 Å². The summed E-state index contributed by atoms with van der Waals surface area (Å²) < 4.78 is 0. The summed E-state index contributed by atoms with van der Waals surface area (Å²) in [7, 11) is 0. The summed E-state index contributed by atoms with van der Waals surface area (Å²) >= 11 is 6.02. The highest BCUT2D eigenvalue weighted by Crippen LogP contribution is 2.20. The van der Waals surface area contributed by atoms with Crippen molar-refractivity contribution in [3.8, 4) is 6.07 Å². The Kier molecular flexibility index (Phi) is 5.93. The quantitative estimate of drug-likeness (QED) is 0.476. The van der Waals surface area contributed by atoms with E-state index in [1.165, 1.54) is 13.1 Å². The average Bonchev–Trinajstić information content (AvgIpc) is 2.59. The number of amides is 1. The monoisotopic (exact) mass is 353 g/mol. The van der Waals surface area contributed by atoms with Crippen molar-refractivity contribution >= 4 is 34.7 Å². The average molecular weight is 354 g/mol. The van der Waals surface area contributed by atoms with E-state index < -0.39 is 5.91 Å². The van der Waals surface area contributed by atoms with E-state index in [9.17, 15) is 14.9 Å². The molecule has 2 aromatic carbocycles. The van der Waals surface area contributed by atoms with Gasteiger partial charge in [0.2, 0.25) is 0 Å². The molecule has 1 amide bonds. The van der Waals surface area contributed by atoms with Crippen LogP contribution in [-0.4, -0.2) is 11.7 Å². The van der Waals surface area contributed by atoms with Crippen LogP contribution in [0.5, 0.6) is 0 Å². The normalized spacial score (nSPS) is 10.7. The zero-order chi connectivity index (χ0) is 18.4. The Hall–Kier alpha value is -3.10. The molecular weight excluding hydrogens is 338 g/mol. The van der Waals surface area contributed by atoms with Crippen molar-refractivity contribution in [2.45, 2.75) is 13.8 Å². The minimum absolute atomic E-state index is 0.0315. The molecule has 6 heteroatoms. The Labute approximate surface area is 150 Å². The van der Waals surface area contributed by atoms with E-state index in [1.54, 1.807) is 42.5 Å². The summed E-state index contributed by atoms with van der Waals surface area (Å²) in [6.07, 6.45) is 1.31. The van der Waals surface area contributed by atoms with Crippen molar-refractivity contribution in [2.24, 2.45) is 0 Å². The Morgan fingerprint density at radius 2 is 1.76 bits per heavy atom. The summed E-state index contributed by atoms with van der Waals surface area (Å²) in [5.74, 6) is -0.578. The second-order valence-corrected chi connectivity index (χ2v) is 5.77. The third-order valence-corrected chi connectivity index (χ3v) is 3.88. The highest BCUT2D eigenvalue weighted by atomic mass is 35.5. The van der Waals surface area contributed by atoms with E-state index >= 15 is 0 Å². The van der Waals surface area contributed by atoms with Gasteiger partial charge in [-0.15, -0.1) is 0 Å². The number of carbonyl (C=O) groups is 2. The molecule has 25 heavy (non-hydrogen) atoms. The van der Waals surface area contributed by atoms with Gasteiger partial charge >= 0.3 is 0 Å². The first kappa shape index (κ1) is 18.2. The number of Topliss-reactive ketones (excluding diaryl/α,β-unsaturated/α-hetero) is 1. The lowest BCUT2D eigenvalue weighted by atomic mass is 10.1. The van der Waals surface area contributed by atoms with E-state index in [4.69, 9.17) is 11.6 Å². The SMILES string of the molecule is CC(=O)c1ccc(N/C=C(/C#N)C(=O)Nc2ccc(C)c(Cl)c2)cc1. The predicted octanol–water partition coefficient (Wildman–Crippen LogP) is 4.31. The van der Waals surface area contributed by atoms with Crippen LogP contribution in [0.25, 0.3) is 0 Å². The van der Waals surface area contributed by atoms with Crippen LogP contribution in [-0.2, 0) is 4.79 Å². The molecule has 5 nitrogen and oxygen atoms in total. The molecule has 0 aromatic heterocycles. The standard InChI is InChI=1S/C19H16ClN3O2/c1-12-3-6-17(9-18(12)20)23-19(25)15(10-21)11-22-16-7-4-14(5-8-16)13(2)24/h3-9,11,22H,1-2H3,(H,23,25)/b15-11-. The number of halogens is 1. The van der Waals surface area contributed by atoms with Crippen LogP contribution in [0, 0.1) is 18.3 Å². The van der Waals surface area contributed by atoms with Gasteiger partial charge in [0.05, 0.1) is 0 Å². The van der Waals surface area contributed by atoms with Crippen LogP contribution in [0.2, 0.25) is 5.02 Å². The molecule has 126 valence electrons. The number of nitrogens with zero attached hydrogens (tertiary/aromatic N) is 1. The third kappa shape index (κ3) is 4.93. The van der Waals surface area contributed by atoms with Crippen molar-refractivity contribution in [1.82, 2.24) is 0 Å². The number of ketones is 1. The fourth-order valence-corrected chi connectivity index (χ4v) is 2.15. The molecule has 2 N–H and O–H groups in total. The van der Waals surface area contributed by atoms with Crippen molar-refractivity contribution in [3.05, 3.63) is 70.4 Å². The van der Waals surface area contributed by atoms with Crippen LogP contribution >= 0.6 is 11.6 Å². The zero-order valence-electron chi connectivity index (χ0n) is 13.8. The second-order valence-electron chi connectivity index (χ2n) is 5.37. The molecule has 0 aliphatic carbocycles. The van der Waals surface area contributed by atoms with Gasteiger partial charge < -0.3 is 10.6 Å². The number of hydrogen-bond donors (Lipinski definition) is 2. The maximum absolute atomic E-state index is 12.2. The van der Waals surface area contributed by atoms with Gasteiger partial charge in [-0.25, -0.2) is 0 Å². The van der Waals surface area contributed by atoms with Crippen molar-refractivity contribution in [2.75, 3.05) is 10.6 Å². The molecule has 0 saturated carbocycles. The van der Waals surface area contributed by atoms with Crippen LogP contribution in [0.1, 0.15) is 22.8 Å². The number of nitriles is 1.